The van der Waals surface area contributed by atoms with Gasteiger partial charge in [-0.15, -0.1) is 0 Å². The van der Waals surface area contributed by atoms with E-state index in [1.165, 1.54) is 14.2 Å². The number of hydrazone groups is 1. The van der Waals surface area contributed by atoms with Crippen molar-refractivity contribution in [1.82, 2.24) is 4.78 Å². The second-order valence-electron chi connectivity index (χ2n) is 9.37. The monoisotopic (exact) mass is 595 g/mol. The number of rotatable bonds is 16. The molecule has 2 aromatic rings. The summed E-state index contributed by atoms with van der Waals surface area (Å²) in [4.78, 5) is 2.98. The largest absolute Gasteiger partial charge is 0.481 e. The topological polar surface area (TPSA) is 118 Å². The lowest BCUT2D eigenvalue weighted by Crippen LogP contribution is -2.32. The van der Waals surface area contributed by atoms with Crippen molar-refractivity contribution in [2.45, 2.75) is 64.2 Å². The Morgan fingerprint density at radius 3 is 2.13 bits per heavy atom. The summed E-state index contributed by atoms with van der Waals surface area (Å²) in [6, 6.07) is 14.8. The van der Waals surface area contributed by atoms with Crippen LogP contribution in [-0.4, -0.2) is 43.3 Å². The smallest absolute Gasteiger partial charge is 0.334 e. The van der Waals surface area contributed by atoms with E-state index in [1.54, 1.807) is 11.0 Å². The number of ether oxygens (including phenoxy) is 2. The van der Waals surface area contributed by atoms with E-state index in [-0.39, 0.29) is 6.16 Å². The normalized spacial score (nSPS) is 14.3. The molecular formula is C26H39N5O5P2S. The summed E-state index contributed by atoms with van der Waals surface area (Å²) in [7, 11) is 1.45. The molecule has 0 saturated carbocycles. The summed E-state index contributed by atoms with van der Waals surface area (Å²) in [6.45, 7) is 6.21. The maximum atomic E-state index is 12.4. The molecule has 0 bridgehead atoms. The standard InChI is InChI=1S/C26H39N5O5P2S/c1-8-18-26(9-2,29-30-27)36-24-14-10-21(11-15-24)19-28-31(5)37(39)25(3,4)35-23-16-12-22(13-17-23)20-38(32,33-6)34-7/h10-17,19,37H,8-9,18,20H2,1-7H3/b28-19+. The highest BCUT2D eigenvalue weighted by Crippen LogP contribution is 2.50. The Balaban J connectivity index is 2.03. The Labute approximate surface area is 237 Å². The lowest BCUT2D eigenvalue weighted by atomic mass is 10.1. The third-order valence-corrected chi connectivity index (χ3v) is 12.0. The Morgan fingerprint density at radius 2 is 1.62 bits per heavy atom. The molecule has 13 heteroatoms. The summed E-state index contributed by atoms with van der Waals surface area (Å²) in [5.41, 5.74) is 9.78. The van der Waals surface area contributed by atoms with Gasteiger partial charge in [0.25, 0.3) is 0 Å². The van der Waals surface area contributed by atoms with Crippen LogP contribution >= 0.6 is 14.4 Å². The van der Waals surface area contributed by atoms with Crippen molar-refractivity contribution < 1.29 is 23.1 Å². The Bertz CT molecular complexity index is 1210. The van der Waals surface area contributed by atoms with Gasteiger partial charge < -0.3 is 18.5 Å². The predicted molar refractivity (Wildman–Crippen MR) is 162 cm³/mol. The van der Waals surface area contributed by atoms with Crippen molar-refractivity contribution in [3.05, 3.63) is 70.1 Å². The minimum Gasteiger partial charge on any atom is -0.481 e. The molecule has 0 amide bonds. The first-order valence-electron chi connectivity index (χ1n) is 12.6. The Morgan fingerprint density at radius 1 is 1.05 bits per heavy atom. The number of benzene rings is 2. The molecule has 0 N–H and O–H groups in total. The summed E-state index contributed by atoms with van der Waals surface area (Å²) >= 11 is 5.84. The molecule has 2 atom stereocenters. The zero-order valence-electron chi connectivity index (χ0n) is 23.7. The molecule has 0 aliphatic carbocycles. The summed E-state index contributed by atoms with van der Waals surface area (Å²) in [5, 5.41) is 7.83. The van der Waals surface area contributed by atoms with Gasteiger partial charge in [-0.05, 0) is 84.9 Å². The molecule has 2 unspecified atom stereocenters. The number of azide groups is 1. The van der Waals surface area contributed by atoms with Gasteiger partial charge in [-0.25, -0.2) is 0 Å². The maximum Gasteiger partial charge on any atom is 0.334 e. The molecule has 0 fully saturated rings. The van der Waals surface area contributed by atoms with E-state index in [1.807, 2.05) is 83.3 Å². The number of hydrogen-bond acceptors (Lipinski definition) is 8. The molecule has 214 valence electrons. The number of nitrogens with zero attached hydrogens (tertiary/aromatic N) is 5. The van der Waals surface area contributed by atoms with Gasteiger partial charge in [-0.1, -0.05) is 44.2 Å². The summed E-state index contributed by atoms with van der Waals surface area (Å²) in [5.74, 6) is 1.28. The summed E-state index contributed by atoms with van der Waals surface area (Å²) in [6.07, 6.45) is 3.97. The molecule has 2 rings (SSSR count). The fourth-order valence-corrected chi connectivity index (χ4v) is 6.26. The number of hydrogen-bond donors (Lipinski definition) is 0. The molecule has 0 spiro atoms. The molecule has 0 radical (unpaired) electrons. The van der Waals surface area contributed by atoms with E-state index in [9.17, 15) is 4.57 Å². The van der Waals surface area contributed by atoms with E-state index < -0.39 is 25.5 Å². The Kier molecular flexibility index (Phi) is 12.5. The van der Waals surface area contributed by atoms with Crippen molar-refractivity contribution in [2.24, 2.45) is 10.2 Å². The lowest BCUT2D eigenvalue weighted by Gasteiger charge is -2.32. The van der Waals surface area contributed by atoms with Crippen LogP contribution in [-0.2, 0) is 31.6 Å². The minimum absolute atomic E-state index is 0.177. The first kappa shape index (κ1) is 32.8. The fourth-order valence-electron chi connectivity index (χ4n) is 3.78. The van der Waals surface area contributed by atoms with Crippen LogP contribution in [0.2, 0.25) is 0 Å². The molecule has 0 aromatic heterocycles. The van der Waals surface area contributed by atoms with Crippen LogP contribution in [0.25, 0.3) is 10.4 Å². The van der Waals surface area contributed by atoms with Crippen LogP contribution in [0.4, 0.5) is 0 Å². The van der Waals surface area contributed by atoms with Crippen molar-refractivity contribution in [3.63, 3.8) is 0 Å². The third-order valence-electron chi connectivity index (χ3n) is 6.03. The average molecular weight is 596 g/mol. The maximum absolute atomic E-state index is 12.4. The van der Waals surface area contributed by atoms with Gasteiger partial charge >= 0.3 is 7.60 Å². The van der Waals surface area contributed by atoms with Crippen LogP contribution in [0.1, 0.15) is 58.1 Å². The average Bonchev–Trinajstić information content (AvgIpc) is 2.93. The summed E-state index contributed by atoms with van der Waals surface area (Å²) < 4.78 is 36.5. The van der Waals surface area contributed by atoms with Crippen LogP contribution in [0.3, 0.4) is 0 Å². The van der Waals surface area contributed by atoms with Crippen molar-refractivity contribution in [3.8, 4) is 11.5 Å². The first-order chi connectivity index (χ1) is 18.4. The van der Waals surface area contributed by atoms with Crippen LogP contribution in [0, 0.1) is 0 Å². The van der Waals surface area contributed by atoms with Crippen molar-refractivity contribution in [1.29, 1.82) is 0 Å². The fraction of sp³-hybridized carbons (Fsp3) is 0.500. The third kappa shape index (κ3) is 9.64. The molecule has 0 aliphatic heterocycles. The molecular weight excluding hydrogens is 556 g/mol. The van der Waals surface area contributed by atoms with Gasteiger partial charge in [-0.3, -0.25) is 9.34 Å². The second kappa shape index (κ2) is 14.8. The predicted octanol–water partition coefficient (Wildman–Crippen LogP) is 7.94. The Hall–Kier alpha value is -2.38. The SMILES string of the molecule is CCCC(CC)(N=[N+]=[N-])Oc1ccc(/C=N/N(C)[PH](=S)C(C)(C)Oc2ccc(CP(=O)(OC)OC)cc2)cc1. The van der Waals surface area contributed by atoms with Crippen LogP contribution in [0.5, 0.6) is 11.5 Å². The second-order valence-corrected chi connectivity index (χ2v) is 15.3. The van der Waals surface area contributed by atoms with E-state index >= 15 is 0 Å². The highest BCUT2D eigenvalue weighted by Gasteiger charge is 2.29. The van der Waals surface area contributed by atoms with E-state index in [4.69, 9.17) is 35.9 Å². The highest BCUT2D eigenvalue weighted by molar-refractivity contribution is 8.04. The zero-order valence-corrected chi connectivity index (χ0v) is 26.4. The van der Waals surface area contributed by atoms with Crippen molar-refractivity contribution >= 4 is 32.5 Å². The molecule has 0 saturated heterocycles. The van der Waals surface area contributed by atoms with Gasteiger partial charge in [0.05, 0.1) is 19.2 Å². The van der Waals surface area contributed by atoms with Gasteiger partial charge in [0.15, 0.2) is 5.72 Å². The molecule has 10 nitrogen and oxygen atoms in total. The molecule has 2 aromatic carbocycles. The first-order valence-corrected chi connectivity index (χ1v) is 16.9. The van der Waals surface area contributed by atoms with Gasteiger partial charge in [0.2, 0.25) is 0 Å². The van der Waals surface area contributed by atoms with Gasteiger partial charge in [0.1, 0.15) is 16.8 Å². The van der Waals surface area contributed by atoms with E-state index in [0.29, 0.717) is 24.3 Å². The quantitative estimate of drug-likeness (QED) is 0.0483. The van der Waals surface area contributed by atoms with Crippen LogP contribution < -0.4 is 9.47 Å². The van der Waals surface area contributed by atoms with Crippen LogP contribution in [0.15, 0.2) is 58.7 Å². The van der Waals surface area contributed by atoms with Crippen molar-refractivity contribution in [2.75, 3.05) is 21.3 Å². The molecule has 39 heavy (non-hydrogen) atoms. The lowest BCUT2D eigenvalue weighted by molar-refractivity contribution is 0.0615. The molecule has 0 heterocycles. The zero-order chi connectivity index (χ0) is 29.1. The molecule has 0 aliphatic rings. The minimum atomic E-state index is -3.14. The van der Waals surface area contributed by atoms with Gasteiger partial charge in [-0.2, -0.15) is 5.10 Å². The van der Waals surface area contributed by atoms with Gasteiger partial charge in [0, 0.05) is 26.2 Å². The van der Waals surface area contributed by atoms with E-state index in [0.717, 1.165) is 17.5 Å². The van der Waals surface area contributed by atoms with E-state index in [2.05, 4.69) is 15.1 Å². The highest BCUT2D eigenvalue weighted by atomic mass is 32.4.